The molecule has 0 fully saturated rings. The number of hydrogen-bond donors (Lipinski definition) is 1. The Morgan fingerprint density at radius 3 is 2.59 bits per heavy atom. The molecule has 0 radical (unpaired) electrons. The van der Waals surface area contributed by atoms with Crippen LogP contribution in [0.15, 0.2) is 64.1 Å². The Hall–Kier alpha value is -3.47. The predicted octanol–water partition coefficient (Wildman–Crippen LogP) is 5.47. The molecule has 0 amide bonds. The van der Waals surface area contributed by atoms with E-state index in [2.05, 4.69) is 68.2 Å². The molecule has 0 saturated heterocycles. The summed E-state index contributed by atoms with van der Waals surface area (Å²) in [5.74, 6) is -0.222. The fourth-order valence-corrected chi connectivity index (χ4v) is 4.72. The van der Waals surface area contributed by atoms with E-state index in [1.165, 1.54) is 0 Å². The molecule has 0 atom stereocenters. The quantitative estimate of drug-likeness (QED) is 0.224. The number of carbonyl (C=O) groups is 1. The molecule has 37 heavy (non-hydrogen) atoms. The molecule has 0 aliphatic heterocycles. The standard InChI is InChI=1S/C27H29BrN4O5/c1-18-4-5-21(27-19(2)30-37-20(27)3)14-25(18)32(10-11-35-12-13-36-16-26(33)34)22-6-7-24(23(28)15-22)31-9-8-29-17-31/h4-9,14-15,17H,10-13,16H2,1-3H3,(H,33,34). The molecule has 0 aliphatic rings. The first-order chi connectivity index (χ1) is 17.8. The summed E-state index contributed by atoms with van der Waals surface area (Å²) in [6.07, 6.45) is 5.40. The number of benzene rings is 2. The number of ether oxygens (including phenoxy) is 2. The molecule has 10 heteroatoms. The Bertz CT molecular complexity index is 1330. The van der Waals surface area contributed by atoms with Crippen molar-refractivity contribution in [2.24, 2.45) is 0 Å². The van der Waals surface area contributed by atoms with Crippen LogP contribution in [0.4, 0.5) is 11.4 Å². The van der Waals surface area contributed by atoms with Crippen molar-refractivity contribution in [3.63, 3.8) is 0 Å². The zero-order valence-corrected chi connectivity index (χ0v) is 22.6. The summed E-state index contributed by atoms with van der Waals surface area (Å²) in [6.45, 7) is 7.12. The van der Waals surface area contributed by atoms with Gasteiger partial charge in [0.25, 0.3) is 0 Å². The summed E-state index contributed by atoms with van der Waals surface area (Å²) in [4.78, 5) is 17.0. The first-order valence-electron chi connectivity index (χ1n) is 11.8. The van der Waals surface area contributed by atoms with Gasteiger partial charge in [-0.3, -0.25) is 0 Å². The summed E-state index contributed by atoms with van der Waals surface area (Å²) in [6, 6.07) is 12.5. The third kappa shape index (κ3) is 6.46. The molecule has 9 nitrogen and oxygen atoms in total. The molecule has 4 aromatic rings. The van der Waals surface area contributed by atoms with Crippen molar-refractivity contribution in [3.8, 4) is 16.8 Å². The lowest BCUT2D eigenvalue weighted by Gasteiger charge is -2.28. The second kappa shape index (κ2) is 12.2. The van der Waals surface area contributed by atoms with Gasteiger partial charge in [-0.2, -0.15) is 0 Å². The number of rotatable bonds is 12. The SMILES string of the molecule is Cc1ccc(-c2c(C)noc2C)cc1N(CCOCCOCC(=O)O)c1ccc(-n2ccnc2)c(Br)c1. The maximum atomic E-state index is 10.6. The van der Waals surface area contributed by atoms with Crippen molar-refractivity contribution >= 4 is 33.3 Å². The van der Waals surface area contributed by atoms with E-state index in [1.54, 1.807) is 12.5 Å². The minimum Gasteiger partial charge on any atom is -0.480 e. The van der Waals surface area contributed by atoms with Crippen LogP contribution in [0.3, 0.4) is 0 Å². The summed E-state index contributed by atoms with van der Waals surface area (Å²) in [5.41, 5.74) is 6.97. The van der Waals surface area contributed by atoms with Gasteiger partial charge in [0.15, 0.2) is 0 Å². The van der Waals surface area contributed by atoms with Crippen molar-refractivity contribution in [2.45, 2.75) is 20.8 Å². The lowest BCUT2D eigenvalue weighted by atomic mass is 10.0. The molecule has 0 saturated carbocycles. The molecule has 0 unspecified atom stereocenters. The van der Waals surface area contributed by atoms with Crippen LogP contribution < -0.4 is 4.90 Å². The molecule has 2 aromatic heterocycles. The smallest absolute Gasteiger partial charge is 0.329 e. The van der Waals surface area contributed by atoms with E-state index in [-0.39, 0.29) is 13.2 Å². The highest BCUT2D eigenvalue weighted by molar-refractivity contribution is 9.10. The Balaban J connectivity index is 1.62. The highest BCUT2D eigenvalue weighted by Crippen LogP contribution is 2.36. The molecular weight excluding hydrogens is 540 g/mol. The molecule has 2 aromatic carbocycles. The third-order valence-corrected chi connectivity index (χ3v) is 6.54. The fraction of sp³-hybridized carbons (Fsp3) is 0.296. The minimum atomic E-state index is -0.996. The summed E-state index contributed by atoms with van der Waals surface area (Å²) >= 11 is 3.72. The molecule has 0 bridgehead atoms. The van der Waals surface area contributed by atoms with E-state index in [1.807, 2.05) is 30.7 Å². The van der Waals surface area contributed by atoms with Crippen LogP contribution >= 0.6 is 15.9 Å². The number of aryl methyl sites for hydroxylation is 3. The van der Waals surface area contributed by atoms with Gasteiger partial charge in [0, 0.05) is 40.3 Å². The number of imidazole rings is 1. The maximum absolute atomic E-state index is 10.6. The minimum absolute atomic E-state index is 0.220. The lowest BCUT2D eigenvalue weighted by Crippen LogP contribution is -2.24. The number of aromatic nitrogens is 3. The molecule has 0 aliphatic carbocycles. The van der Waals surface area contributed by atoms with Crippen LogP contribution in [-0.2, 0) is 14.3 Å². The number of anilines is 2. The van der Waals surface area contributed by atoms with E-state index < -0.39 is 5.97 Å². The van der Waals surface area contributed by atoms with Crippen molar-refractivity contribution in [1.82, 2.24) is 14.7 Å². The summed E-state index contributed by atoms with van der Waals surface area (Å²) < 4.78 is 19.1. The first-order valence-corrected chi connectivity index (χ1v) is 12.6. The van der Waals surface area contributed by atoms with Gasteiger partial charge in [-0.25, -0.2) is 9.78 Å². The van der Waals surface area contributed by atoms with Crippen molar-refractivity contribution in [3.05, 3.63) is 76.6 Å². The van der Waals surface area contributed by atoms with E-state index in [9.17, 15) is 4.79 Å². The molecule has 2 heterocycles. The number of aliphatic carboxylic acids is 1. The number of halogens is 1. The van der Waals surface area contributed by atoms with Crippen LogP contribution in [0.2, 0.25) is 0 Å². The van der Waals surface area contributed by atoms with Gasteiger partial charge in [0.05, 0.1) is 37.5 Å². The number of hydrogen-bond acceptors (Lipinski definition) is 7. The maximum Gasteiger partial charge on any atom is 0.329 e. The van der Waals surface area contributed by atoms with Crippen molar-refractivity contribution in [1.29, 1.82) is 0 Å². The fourth-order valence-electron chi connectivity index (χ4n) is 4.15. The number of nitrogens with zero attached hydrogens (tertiary/aromatic N) is 4. The van der Waals surface area contributed by atoms with Gasteiger partial charge in [0.1, 0.15) is 12.4 Å². The van der Waals surface area contributed by atoms with Gasteiger partial charge >= 0.3 is 5.97 Å². The van der Waals surface area contributed by atoms with E-state index >= 15 is 0 Å². The highest BCUT2D eigenvalue weighted by Gasteiger charge is 2.18. The normalized spacial score (nSPS) is 11.1. The molecule has 0 spiro atoms. The Kier molecular flexibility index (Phi) is 8.75. The van der Waals surface area contributed by atoms with Crippen LogP contribution in [0, 0.1) is 20.8 Å². The average Bonchev–Trinajstić information content (AvgIpc) is 3.51. The Labute approximate surface area is 223 Å². The Morgan fingerprint density at radius 2 is 1.92 bits per heavy atom. The average molecular weight is 569 g/mol. The molecule has 194 valence electrons. The van der Waals surface area contributed by atoms with Crippen molar-refractivity contribution < 1.29 is 23.9 Å². The van der Waals surface area contributed by atoms with Crippen LogP contribution in [0.25, 0.3) is 16.8 Å². The van der Waals surface area contributed by atoms with E-state index in [0.717, 1.165) is 49.7 Å². The summed E-state index contributed by atoms with van der Waals surface area (Å²) in [7, 11) is 0. The largest absolute Gasteiger partial charge is 0.480 e. The monoisotopic (exact) mass is 568 g/mol. The molecule has 4 rings (SSSR count). The van der Waals surface area contributed by atoms with E-state index in [0.29, 0.717) is 19.8 Å². The molecule has 1 N–H and O–H groups in total. The van der Waals surface area contributed by atoms with Crippen LogP contribution in [-0.4, -0.2) is 58.8 Å². The van der Waals surface area contributed by atoms with Gasteiger partial charge in [-0.1, -0.05) is 17.3 Å². The zero-order valence-electron chi connectivity index (χ0n) is 21.0. The number of carboxylic acid groups (broad SMARTS) is 1. The van der Waals surface area contributed by atoms with E-state index in [4.69, 9.17) is 19.1 Å². The van der Waals surface area contributed by atoms with Crippen molar-refractivity contribution in [2.75, 3.05) is 37.9 Å². The summed E-state index contributed by atoms with van der Waals surface area (Å²) in [5, 5.41) is 12.8. The topological polar surface area (TPSA) is 103 Å². The molecular formula is C27H29BrN4O5. The highest BCUT2D eigenvalue weighted by atomic mass is 79.9. The van der Waals surface area contributed by atoms with Crippen LogP contribution in [0.1, 0.15) is 17.0 Å². The second-order valence-electron chi connectivity index (χ2n) is 8.52. The zero-order chi connectivity index (χ0) is 26.4. The van der Waals surface area contributed by atoms with Gasteiger partial charge in [0.2, 0.25) is 0 Å². The lowest BCUT2D eigenvalue weighted by molar-refractivity contribution is -0.142. The number of carboxylic acids is 1. The first kappa shape index (κ1) is 26.6. The predicted molar refractivity (Wildman–Crippen MR) is 144 cm³/mol. The third-order valence-electron chi connectivity index (χ3n) is 5.90. The van der Waals surface area contributed by atoms with Gasteiger partial charge < -0.3 is 28.6 Å². The van der Waals surface area contributed by atoms with Gasteiger partial charge in [-0.15, -0.1) is 0 Å². The second-order valence-corrected chi connectivity index (χ2v) is 9.37. The van der Waals surface area contributed by atoms with Crippen LogP contribution in [0.5, 0.6) is 0 Å². The Morgan fingerprint density at radius 1 is 1.11 bits per heavy atom. The van der Waals surface area contributed by atoms with Gasteiger partial charge in [-0.05, 0) is 72.1 Å².